The van der Waals surface area contributed by atoms with E-state index >= 15 is 0 Å². The summed E-state index contributed by atoms with van der Waals surface area (Å²) in [5, 5.41) is 3.46. The maximum atomic E-state index is 4.35. The molecular weight excluding hydrogens is 162 g/mol. The maximum Gasteiger partial charge on any atom is 0.106 e. The highest BCUT2D eigenvalue weighted by Gasteiger charge is 2.17. The highest BCUT2D eigenvalue weighted by atomic mass is 15.0. The number of hydrogen-bond acceptors (Lipinski definition) is 2. The number of aromatic amines is 1. The molecule has 3 nitrogen and oxygen atoms in total. The Morgan fingerprint density at radius 2 is 2.54 bits per heavy atom. The van der Waals surface area contributed by atoms with Crippen LogP contribution in [0.4, 0.5) is 0 Å². The molecule has 0 aliphatic carbocycles. The predicted molar refractivity (Wildman–Crippen MR) is 52.6 cm³/mol. The van der Waals surface area contributed by atoms with E-state index in [4.69, 9.17) is 0 Å². The highest BCUT2D eigenvalue weighted by molar-refractivity contribution is 5.08. The molecule has 0 radical (unpaired) electrons. The molecule has 0 bridgehead atoms. The van der Waals surface area contributed by atoms with Gasteiger partial charge in [0.15, 0.2) is 0 Å². The van der Waals surface area contributed by atoms with Crippen LogP contribution in [-0.2, 0) is 6.42 Å². The van der Waals surface area contributed by atoms with Crippen LogP contribution in [0.15, 0.2) is 6.20 Å². The summed E-state index contributed by atoms with van der Waals surface area (Å²) in [6, 6.07) is 0.526. The minimum Gasteiger partial charge on any atom is -0.345 e. The molecule has 2 rings (SSSR count). The zero-order chi connectivity index (χ0) is 9.10. The van der Waals surface area contributed by atoms with Gasteiger partial charge in [-0.1, -0.05) is 6.92 Å². The number of imidazole rings is 1. The molecule has 3 heteroatoms. The van der Waals surface area contributed by atoms with Crippen molar-refractivity contribution in [3.63, 3.8) is 0 Å². The fourth-order valence-electron chi connectivity index (χ4n) is 1.87. The van der Waals surface area contributed by atoms with E-state index in [2.05, 4.69) is 22.2 Å². The third-order valence-electron chi connectivity index (χ3n) is 2.57. The Bertz CT molecular complexity index is 261. The van der Waals surface area contributed by atoms with E-state index < -0.39 is 0 Å². The summed E-state index contributed by atoms with van der Waals surface area (Å²) < 4.78 is 0. The van der Waals surface area contributed by atoms with Crippen LogP contribution in [0.3, 0.4) is 0 Å². The Kier molecular flexibility index (Phi) is 2.64. The summed E-state index contributed by atoms with van der Waals surface area (Å²) in [5.41, 5.74) is 1.26. The van der Waals surface area contributed by atoms with E-state index in [-0.39, 0.29) is 0 Å². The van der Waals surface area contributed by atoms with E-state index in [0.29, 0.717) is 6.04 Å². The number of H-pyrrole nitrogens is 1. The topological polar surface area (TPSA) is 40.7 Å². The van der Waals surface area contributed by atoms with Crippen LogP contribution in [0.25, 0.3) is 0 Å². The largest absolute Gasteiger partial charge is 0.345 e. The fraction of sp³-hybridized carbons (Fsp3) is 0.700. The normalized spacial score (nSPS) is 22.4. The molecule has 1 atom stereocenters. The first-order valence-corrected chi connectivity index (χ1v) is 5.17. The predicted octanol–water partition coefficient (Wildman–Crippen LogP) is 1.79. The zero-order valence-corrected chi connectivity index (χ0v) is 8.14. The molecule has 2 N–H and O–H groups in total. The van der Waals surface area contributed by atoms with Crippen molar-refractivity contribution in [2.24, 2.45) is 0 Å². The summed E-state index contributed by atoms with van der Waals surface area (Å²) in [5.74, 6) is 1.13. The molecule has 1 fully saturated rings. The van der Waals surface area contributed by atoms with E-state index in [1.165, 1.54) is 18.5 Å². The van der Waals surface area contributed by atoms with Gasteiger partial charge in [0.2, 0.25) is 0 Å². The monoisotopic (exact) mass is 179 g/mol. The third kappa shape index (κ3) is 1.91. The Labute approximate surface area is 79.0 Å². The number of aromatic nitrogens is 2. The van der Waals surface area contributed by atoms with Crippen molar-refractivity contribution >= 4 is 0 Å². The smallest absolute Gasteiger partial charge is 0.106 e. The van der Waals surface area contributed by atoms with Gasteiger partial charge in [0.05, 0.1) is 5.69 Å². The number of nitrogens with one attached hydrogen (secondary N) is 2. The lowest BCUT2D eigenvalue weighted by molar-refractivity contribution is 0.629. The maximum absolute atomic E-state index is 4.35. The number of nitrogens with zero attached hydrogens (tertiary/aromatic N) is 1. The molecule has 0 spiro atoms. The van der Waals surface area contributed by atoms with Crippen molar-refractivity contribution < 1.29 is 0 Å². The Hall–Kier alpha value is -0.830. The lowest BCUT2D eigenvalue weighted by atomic mass is 10.2. The molecule has 0 saturated carbocycles. The van der Waals surface area contributed by atoms with Gasteiger partial charge in [0.1, 0.15) is 5.82 Å². The first-order chi connectivity index (χ1) is 6.40. The minimum absolute atomic E-state index is 0.526. The lowest BCUT2D eigenvalue weighted by Gasteiger charge is -2.05. The quantitative estimate of drug-likeness (QED) is 0.742. The van der Waals surface area contributed by atoms with Gasteiger partial charge in [-0.3, -0.25) is 0 Å². The van der Waals surface area contributed by atoms with Gasteiger partial charge >= 0.3 is 0 Å². The van der Waals surface area contributed by atoms with Crippen LogP contribution in [0.5, 0.6) is 0 Å². The van der Waals surface area contributed by atoms with Crippen LogP contribution >= 0.6 is 0 Å². The van der Waals surface area contributed by atoms with Gasteiger partial charge in [0.25, 0.3) is 0 Å². The van der Waals surface area contributed by atoms with Gasteiger partial charge in [-0.15, -0.1) is 0 Å². The Balaban J connectivity index is 2.03. The second-order valence-corrected chi connectivity index (χ2v) is 3.68. The molecule has 1 aliphatic heterocycles. The molecule has 1 aliphatic rings. The minimum atomic E-state index is 0.526. The SMILES string of the molecule is CCCc1ncc(C2CCCN2)[nH]1. The standard InChI is InChI=1S/C10H17N3/c1-2-4-10-12-7-9(13-10)8-5-3-6-11-8/h7-8,11H,2-6H2,1H3,(H,12,13). The van der Waals surface area contributed by atoms with Crippen molar-refractivity contribution in [2.45, 2.75) is 38.6 Å². The van der Waals surface area contributed by atoms with Gasteiger partial charge < -0.3 is 10.3 Å². The van der Waals surface area contributed by atoms with Crippen LogP contribution in [-0.4, -0.2) is 16.5 Å². The lowest BCUT2D eigenvalue weighted by Crippen LogP contribution is -2.13. The first kappa shape index (κ1) is 8.75. The Morgan fingerprint density at radius 3 is 3.23 bits per heavy atom. The van der Waals surface area contributed by atoms with Crippen LogP contribution in [0.2, 0.25) is 0 Å². The Morgan fingerprint density at radius 1 is 1.62 bits per heavy atom. The van der Waals surface area contributed by atoms with Gasteiger partial charge in [0, 0.05) is 18.7 Å². The van der Waals surface area contributed by atoms with Crippen molar-refractivity contribution in [1.82, 2.24) is 15.3 Å². The first-order valence-electron chi connectivity index (χ1n) is 5.17. The van der Waals surface area contributed by atoms with Crippen LogP contribution < -0.4 is 5.32 Å². The molecule has 1 unspecified atom stereocenters. The molecule has 13 heavy (non-hydrogen) atoms. The molecule has 2 heterocycles. The molecule has 1 aromatic heterocycles. The molecule has 1 aromatic rings. The average Bonchev–Trinajstić information content (AvgIpc) is 2.70. The third-order valence-corrected chi connectivity index (χ3v) is 2.57. The van der Waals surface area contributed by atoms with E-state index in [9.17, 15) is 0 Å². The molecular formula is C10H17N3. The van der Waals surface area contributed by atoms with Gasteiger partial charge in [-0.05, 0) is 25.8 Å². The second kappa shape index (κ2) is 3.92. The van der Waals surface area contributed by atoms with Crippen LogP contribution in [0, 0.1) is 0 Å². The zero-order valence-electron chi connectivity index (χ0n) is 8.14. The van der Waals surface area contributed by atoms with Crippen molar-refractivity contribution in [1.29, 1.82) is 0 Å². The number of aryl methyl sites for hydroxylation is 1. The number of hydrogen-bond donors (Lipinski definition) is 2. The molecule has 1 saturated heterocycles. The van der Waals surface area contributed by atoms with Crippen molar-refractivity contribution in [2.75, 3.05) is 6.54 Å². The van der Waals surface area contributed by atoms with Crippen LogP contribution in [0.1, 0.15) is 43.7 Å². The van der Waals surface area contributed by atoms with Gasteiger partial charge in [-0.25, -0.2) is 4.98 Å². The summed E-state index contributed by atoms with van der Waals surface area (Å²) in [4.78, 5) is 7.74. The van der Waals surface area contributed by atoms with E-state index in [0.717, 1.165) is 25.2 Å². The summed E-state index contributed by atoms with van der Waals surface area (Å²) in [7, 11) is 0. The summed E-state index contributed by atoms with van der Waals surface area (Å²) in [6.07, 6.45) is 6.73. The highest BCUT2D eigenvalue weighted by Crippen LogP contribution is 2.21. The second-order valence-electron chi connectivity index (χ2n) is 3.68. The van der Waals surface area contributed by atoms with Gasteiger partial charge in [-0.2, -0.15) is 0 Å². The average molecular weight is 179 g/mol. The fourth-order valence-corrected chi connectivity index (χ4v) is 1.87. The molecule has 0 aromatic carbocycles. The van der Waals surface area contributed by atoms with E-state index in [1.807, 2.05) is 6.20 Å². The number of rotatable bonds is 3. The summed E-state index contributed by atoms with van der Waals surface area (Å²) in [6.45, 7) is 3.32. The summed E-state index contributed by atoms with van der Waals surface area (Å²) >= 11 is 0. The van der Waals surface area contributed by atoms with Crippen molar-refractivity contribution in [3.8, 4) is 0 Å². The van der Waals surface area contributed by atoms with E-state index in [1.54, 1.807) is 0 Å². The van der Waals surface area contributed by atoms with Crippen molar-refractivity contribution in [3.05, 3.63) is 17.7 Å². The molecule has 0 amide bonds. The molecule has 72 valence electrons.